The fourth-order valence-electron chi connectivity index (χ4n) is 1.24. The molecule has 1 atom stereocenters. The summed E-state index contributed by atoms with van der Waals surface area (Å²) in [6.45, 7) is 4.25. The second-order valence-electron chi connectivity index (χ2n) is 3.59. The first-order chi connectivity index (χ1) is 7.69. The van der Waals surface area contributed by atoms with Crippen LogP contribution in [-0.4, -0.2) is 25.1 Å². The molecule has 0 aliphatic heterocycles. The van der Waals surface area contributed by atoms with Crippen LogP contribution in [0.25, 0.3) is 0 Å². The summed E-state index contributed by atoms with van der Waals surface area (Å²) >= 11 is 0. The molecule has 0 bridgehead atoms. The number of nitrogens with two attached hydrogens (primary N) is 1. The third kappa shape index (κ3) is 2.25. The van der Waals surface area contributed by atoms with Crippen LogP contribution in [0.5, 0.6) is 0 Å². The van der Waals surface area contributed by atoms with Crippen LogP contribution in [0, 0.1) is 0 Å². The molecule has 0 saturated carbocycles. The summed E-state index contributed by atoms with van der Waals surface area (Å²) in [5.74, 6) is 1.22. The number of nitrogens with zero attached hydrogens (tertiary/aromatic N) is 5. The molecule has 16 heavy (non-hydrogen) atoms. The number of aromatic nitrogens is 5. The van der Waals surface area contributed by atoms with E-state index in [1.54, 1.807) is 10.9 Å². The molecule has 7 heteroatoms. The van der Waals surface area contributed by atoms with E-state index in [2.05, 4.69) is 20.5 Å². The minimum absolute atomic E-state index is 0.123. The zero-order chi connectivity index (χ0) is 11.5. The lowest BCUT2D eigenvalue weighted by Crippen LogP contribution is -2.05. The molecule has 2 aromatic heterocycles. The third-order valence-corrected chi connectivity index (χ3v) is 2.15. The van der Waals surface area contributed by atoms with Gasteiger partial charge in [-0.3, -0.25) is 0 Å². The molecule has 0 fully saturated rings. The van der Waals surface area contributed by atoms with Gasteiger partial charge in [-0.1, -0.05) is 17.3 Å². The van der Waals surface area contributed by atoms with E-state index < -0.39 is 0 Å². The van der Waals surface area contributed by atoms with Gasteiger partial charge in [0.05, 0.1) is 11.9 Å². The van der Waals surface area contributed by atoms with Crippen LogP contribution in [0.4, 0.5) is 0 Å². The van der Waals surface area contributed by atoms with Gasteiger partial charge >= 0.3 is 0 Å². The van der Waals surface area contributed by atoms with Gasteiger partial charge in [-0.05, 0) is 6.92 Å². The van der Waals surface area contributed by atoms with Crippen molar-refractivity contribution in [3.63, 3.8) is 0 Å². The summed E-state index contributed by atoms with van der Waals surface area (Å²) < 4.78 is 6.68. The lowest BCUT2D eigenvalue weighted by Gasteiger charge is -1.95. The quantitative estimate of drug-likeness (QED) is 0.798. The molecular formula is C9H14N6O. The minimum atomic E-state index is -0.123. The predicted molar refractivity (Wildman–Crippen MR) is 55.4 cm³/mol. The van der Waals surface area contributed by atoms with Gasteiger partial charge in [-0.2, -0.15) is 4.98 Å². The maximum atomic E-state index is 5.68. The van der Waals surface area contributed by atoms with E-state index in [9.17, 15) is 0 Å². The Morgan fingerprint density at radius 2 is 2.38 bits per heavy atom. The predicted octanol–water partition coefficient (Wildman–Crippen LogP) is 0.291. The first-order valence-electron chi connectivity index (χ1n) is 5.16. The number of aryl methyl sites for hydroxylation is 1. The average molecular weight is 222 g/mol. The minimum Gasteiger partial charge on any atom is -0.337 e. The Morgan fingerprint density at radius 1 is 1.56 bits per heavy atom. The fourth-order valence-corrected chi connectivity index (χ4v) is 1.24. The zero-order valence-electron chi connectivity index (χ0n) is 9.29. The third-order valence-electron chi connectivity index (χ3n) is 2.15. The van der Waals surface area contributed by atoms with Crippen LogP contribution < -0.4 is 5.73 Å². The molecule has 0 amide bonds. The summed E-state index contributed by atoms with van der Waals surface area (Å²) in [6.07, 6.45) is 2.53. The van der Waals surface area contributed by atoms with E-state index >= 15 is 0 Å². The topological polar surface area (TPSA) is 95.7 Å². The molecule has 2 rings (SSSR count). The molecule has 0 spiro atoms. The number of rotatable bonds is 4. The Kier molecular flexibility index (Phi) is 2.95. The summed E-state index contributed by atoms with van der Waals surface area (Å²) in [4.78, 5) is 4.18. The van der Waals surface area contributed by atoms with Gasteiger partial charge in [0.2, 0.25) is 5.89 Å². The van der Waals surface area contributed by atoms with Crippen LogP contribution in [-0.2, 0) is 13.0 Å². The maximum absolute atomic E-state index is 5.68. The number of hydrogen-bond donors (Lipinski definition) is 1. The highest BCUT2D eigenvalue weighted by Gasteiger charge is 2.09. The highest BCUT2D eigenvalue weighted by Crippen LogP contribution is 2.05. The molecule has 0 aliphatic rings. The van der Waals surface area contributed by atoms with Crippen molar-refractivity contribution in [2.24, 2.45) is 5.73 Å². The van der Waals surface area contributed by atoms with Crippen molar-refractivity contribution in [3.8, 4) is 0 Å². The SMILES string of the molecule is CCc1noc(Cn2cc(C(C)N)nn2)n1. The first kappa shape index (κ1) is 10.7. The molecule has 0 radical (unpaired) electrons. The van der Waals surface area contributed by atoms with Gasteiger partial charge in [0.1, 0.15) is 6.54 Å². The van der Waals surface area contributed by atoms with E-state index in [0.717, 1.165) is 12.1 Å². The van der Waals surface area contributed by atoms with Crippen LogP contribution in [0.1, 0.15) is 37.3 Å². The molecule has 1 unspecified atom stereocenters. The molecule has 0 aromatic carbocycles. The molecule has 0 aliphatic carbocycles. The number of hydrogen-bond acceptors (Lipinski definition) is 6. The van der Waals surface area contributed by atoms with E-state index in [0.29, 0.717) is 18.3 Å². The summed E-state index contributed by atoms with van der Waals surface area (Å²) in [5, 5.41) is 11.7. The Labute approximate surface area is 92.6 Å². The van der Waals surface area contributed by atoms with E-state index in [1.807, 2.05) is 13.8 Å². The average Bonchev–Trinajstić information content (AvgIpc) is 2.87. The molecule has 0 saturated heterocycles. The van der Waals surface area contributed by atoms with Crippen molar-refractivity contribution in [1.29, 1.82) is 0 Å². The summed E-state index contributed by atoms with van der Waals surface area (Å²) in [6, 6.07) is -0.123. The standard InChI is InChI=1S/C9H14N6O/c1-3-8-11-9(16-13-8)5-15-4-7(6(2)10)12-14-15/h4,6H,3,5,10H2,1-2H3. The van der Waals surface area contributed by atoms with Crippen LogP contribution in [0.3, 0.4) is 0 Å². The van der Waals surface area contributed by atoms with Crippen molar-refractivity contribution in [3.05, 3.63) is 23.6 Å². The largest absolute Gasteiger partial charge is 0.337 e. The van der Waals surface area contributed by atoms with Crippen molar-refractivity contribution in [2.75, 3.05) is 0 Å². The van der Waals surface area contributed by atoms with Crippen molar-refractivity contribution < 1.29 is 4.52 Å². The Bertz CT molecular complexity index is 460. The fraction of sp³-hybridized carbons (Fsp3) is 0.556. The Balaban J connectivity index is 2.08. The van der Waals surface area contributed by atoms with Gasteiger partial charge in [0.15, 0.2) is 5.82 Å². The van der Waals surface area contributed by atoms with Gasteiger partial charge in [0.25, 0.3) is 0 Å². The van der Waals surface area contributed by atoms with E-state index in [-0.39, 0.29) is 6.04 Å². The summed E-state index contributed by atoms with van der Waals surface area (Å²) in [5.41, 5.74) is 6.42. The maximum Gasteiger partial charge on any atom is 0.248 e. The van der Waals surface area contributed by atoms with Gasteiger partial charge in [-0.25, -0.2) is 4.68 Å². The molecule has 2 aromatic rings. The van der Waals surface area contributed by atoms with Gasteiger partial charge in [0, 0.05) is 12.5 Å². The lowest BCUT2D eigenvalue weighted by atomic mass is 10.3. The van der Waals surface area contributed by atoms with Crippen molar-refractivity contribution >= 4 is 0 Å². The lowest BCUT2D eigenvalue weighted by molar-refractivity contribution is 0.360. The second-order valence-corrected chi connectivity index (χ2v) is 3.59. The van der Waals surface area contributed by atoms with Gasteiger partial charge < -0.3 is 10.3 Å². The van der Waals surface area contributed by atoms with Crippen LogP contribution in [0.2, 0.25) is 0 Å². The molecule has 2 heterocycles. The zero-order valence-corrected chi connectivity index (χ0v) is 9.29. The summed E-state index contributed by atoms with van der Waals surface area (Å²) in [7, 11) is 0. The van der Waals surface area contributed by atoms with Crippen LogP contribution >= 0.6 is 0 Å². The molecular weight excluding hydrogens is 208 g/mol. The molecule has 2 N–H and O–H groups in total. The molecule has 86 valence electrons. The normalized spacial score (nSPS) is 12.9. The van der Waals surface area contributed by atoms with Crippen molar-refractivity contribution in [1.82, 2.24) is 25.1 Å². The monoisotopic (exact) mass is 222 g/mol. The second kappa shape index (κ2) is 4.40. The van der Waals surface area contributed by atoms with E-state index in [4.69, 9.17) is 10.3 Å². The Hall–Kier alpha value is -1.76. The highest BCUT2D eigenvalue weighted by atomic mass is 16.5. The van der Waals surface area contributed by atoms with E-state index in [1.165, 1.54) is 0 Å². The Morgan fingerprint density at radius 3 is 2.94 bits per heavy atom. The molecule has 7 nitrogen and oxygen atoms in total. The van der Waals surface area contributed by atoms with Gasteiger partial charge in [-0.15, -0.1) is 5.10 Å². The highest BCUT2D eigenvalue weighted by molar-refractivity contribution is 4.98. The first-order valence-corrected chi connectivity index (χ1v) is 5.16. The van der Waals surface area contributed by atoms with Crippen molar-refractivity contribution in [2.45, 2.75) is 32.9 Å². The van der Waals surface area contributed by atoms with Crippen LogP contribution in [0.15, 0.2) is 10.7 Å². The smallest absolute Gasteiger partial charge is 0.248 e.